The predicted octanol–water partition coefficient (Wildman–Crippen LogP) is 2.15. The van der Waals surface area contributed by atoms with Crippen LogP contribution in [0.2, 0.25) is 0 Å². The molecule has 0 saturated heterocycles. The van der Waals surface area contributed by atoms with Gasteiger partial charge < -0.3 is 50.3 Å². The molecule has 3 amide bonds. The van der Waals surface area contributed by atoms with Gasteiger partial charge in [-0.15, -0.1) is 0 Å². The Morgan fingerprint density at radius 2 is 1.64 bits per heavy atom. The van der Waals surface area contributed by atoms with Crippen molar-refractivity contribution in [3.05, 3.63) is 76.1 Å². The molecule has 0 spiro atoms. The highest BCUT2D eigenvalue weighted by molar-refractivity contribution is 6.01. The second-order valence-electron chi connectivity index (χ2n) is 9.71. The molecule has 4 aromatic rings. The van der Waals surface area contributed by atoms with Gasteiger partial charge in [-0.3, -0.25) is 19.2 Å². The third kappa shape index (κ3) is 8.28. The van der Waals surface area contributed by atoms with Gasteiger partial charge in [-0.1, -0.05) is 18.2 Å². The Kier molecular flexibility index (Phi) is 10.6. The maximum Gasteiger partial charge on any atom is 0.258 e. The minimum atomic E-state index is -0.817. The molecule has 0 bridgehead atoms. The van der Waals surface area contributed by atoms with E-state index in [1.165, 1.54) is 36.6 Å². The van der Waals surface area contributed by atoms with Gasteiger partial charge in [-0.25, -0.2) is 0 Å². The Hall–Kier alpha value is -5.60. The van der Waals surface area contributed by atoms with Crippen LogP contribution in [0.25, 0.3) is 22.1 Å². The molecule has 0 radical (unpaired) electrons. The van der Waals surface area contributed by atoms with E-state index in [9.17, 15) is 34.5 Å². The van der Waals surface area contributed by atoms with Crippen LogP contribution < -0.4 is 26.5 Å². The Labute approximate surface area is 255 Å². The number of carbonyl (C=O) groups excluding carboxylic acids is 3. The van der Waals surface area contributed by atoms with E-state index >= 15 is 0 Å². The van der Waals surface area contributed by atoms with Crippen LogP contribution in [-0.4, -0.2) is 72.6 Å². The van der Waals surface area contributed by atoms with E-state index in [-0.39, 0.29) is 84.6 Å². The van der Waals surface area contributed by atoms with Gasteiger partial charge in [0.1, 0.15) is 41.1 Å². The molecule has 0 fully saturated rings. The van der Waals surface area contributed by atoms with Gasteiger partial charge in [-0.2, -0.15) is 0 Å². The van der Waals surface area contributed by atoms with E-state index in [2.05, 4.69) is 10.6 Å². The van der Waals surface area contributed by atoms with E-state index in [1.807, 2.05) is 0 Å². The van der Waals surface area contributed by atoms with E-state index in [1.54, 1.807) is 25.1 Å². The van der Waals surface area contributed by atoms with Crippen LogP contribution in [0.15, 0.2) is 64.0 Å². The summed E-state index contributed by atoms with van der Waals surface area (Å²) < 4.78 is 21.6. The van der Waals surface area contributed by atoms with Crippen molar-refractivity contribution >= 4 is 34.4 Å². The summed E-state index contributed by atoms with van der Waals surface area (Å²) in [6, 6.07) is 11.5. The molecule has 0 unspecified atom stereocenters. The first kappa shape index (κ1) is 32.3. The second-order valence-corrected chi connectivity index (χ2v) is 9.71. The van der Waals surface area contributed by atoms with Gasteiger partial charge in [0.2, 0.25) is 11.3 Å². The molecule has 0 aliphatic heterocycles. The molecular formula is C31H31N3O11. The minimum absolute atomic E-state index is 0.0311. The van der Waals surface area contributed by atoms with Crippen molar-refractivity contribution in [1.82, 2.24) is 5.32 Å². The smallest absolute Gasteiger partial charge is 0.258 e. The van der Waals surface area contributed by atoms with Crippen molar-refractivity contribution in [3.8, 4) is 34.1 Å². The first-order valence-corrected chi connectivity index (χ1v) is 13.6. The number of phenols is 3. The molecular weight excluding hydrogens is 590 g/mol. The number of benzene rings is 3. The normalized spacial score (nSPS) is 10.9. The lowest BCUT2D eigenvalue weighted by molar-refractivity contribution is -0.123. The molecule has 0 aliphatic carbocycles. The number of amides is 3. The molecule has 0 atom stereocenters. The largest absolute Gasteiger partial charge is 0.508 e. The number of rotatable bonds is 14. The Bertz CT molecular complexity index is 1770. The maximum absolute atomic E-state index is 12.9. The topological polar surface area (TPSA) is 220 Å². The number of carbonyl (C=O) groups is 3. The summed E-state index contributed by atoms with van der Waals surface area (Å²) in [5, 5.41) is 35.1. The lowest BCUT2D eigenvalue weighted by atomic mass is 10.0. The number of aryl methyl sites for hydroxylation is 1. The van der Waals surface area contributed by atoms with Crippen molar-refractivity contribution in [2.45, 2.75) is 6.92 Å². The van der Waals surface area contributed by atoms with Gasteiger partial charge in [0.15, 0.2) is 12.4 Å². The molecule has 14 nitrogen and oxygen atoms in total. The average molecular weight is 622 g/mol. The van der Waals surface area contributed by atoms with E-state index in [0.29, 0.717) is 11.1 Å². The van der Waals surface area contributed by atoms with Crippen molar-refractivity contribution in [2.75, 3.05) is 44.9 Å². The van der Waals surface area contributed by atoms with Gasteiger partial charge in [0.25, 0.3) is 11.8 Å². The van der Waals surface area contributed by atoms with Crippen molar-refractivity contribution in [3.63, 3.8) is 0 Å². The van der Waals surface area contributed by atoms with Crippen LogP contribution in [0.5, 0.6) is 23.0 Å². The highest BCUT2D eigenvalue weighted by atomic mass is 16.5. The number of nitrogens with two attached hydrogens (primary N) is 1. The SMILES string of the molecule is Cc1ccc(NC(=O)COCCOCCNC(=O)COc2cc(O)c3c(=O)c(-c4ccc(O)cc4)coc3c2)c(O)c1C(N)=O. The van der Waals surface area contributed by atoms with Crippen LogP contribution in [0.3, 0.4) is 0 Å². The van der Waals surface area contributed by atoms with Crippen LogP contribution in [0.4, 0.5) is 5.69 Å². The lowest BCUT2D eigenvalue weighted by Gasteiger charge is -2.12. The minimum Gasteiger partial charge on any atom is -0.508 e. The number of nitrogens with one attached hydrogen (secondary N) is 2. The zero-order valence-electron chi connectivity index (χ0n) is 24.1. The zero-order chi connectivity index (χ0) is 32.5. The molecule has 4 rings (SSSR count). The Morgan fingerprint density at radius 1 is 0.911 bits per heavy atom. The summed E-state index contributed by atoms with van der Waals surface area (Å²) in [4.78, 5) is 48.7. The Balaban J connectivity index is 1.14. The molecule has 45 heavy (non-hydrogen) atoms. The molecule has 14 heteroatoms. The predicted molar refractivity (Wildman–Crippen MR) is 161 cm³/mol. The summed E-state index contributed by atoms with van der Waals surface area (Å²) in [7, 11) is 0. The maximum atomic E-state index is 12.9. The van der Waals surface area contributed by atoms with E-state index in [4.69, 9.17) is 24.4 Å². The third-order valence-corrected chi connectivity index (χ3v) is 6.46. The number of phenolic OH excluding ortho intramolecular Hbond substituents is 2. The average Bonchev–Trinajstić information content (AvgIpc) is 2.99. The lowest BCUT2D eigenvalue weighted by Crippen LogP contribution is -2.32. The van der Waals surface area contributed by atoms with Crippen LogP contribution in [0.1, 0.15) is 15.9 Å². The Morgan fingerprint density at radius 3 is 2.38 bits per heavy atom. The standard InChI is InChI=1S/C31H31N3O11/c1-17-2-7-22(30(40)27(17)31(32)41)34-26(38)15-43-11-10-42-9-8-33-25(37)16-44-20-12-23(36)28-24(13-20)45-14-21(29(28)39)18-3-5-19(35)6-4-18/h2-7,12-14,35-36,40H,8-11,15-16H2,1H3,(H2,32,41)(H,33,37)(H,34,38). The fourth-order valence-corrected chi connectivity index (χ4v) is 4.27. The summed E-state index contributed by atoms with van der Waals surface area (Å²) >= 11 is 0. The molecule has 1 aromatic heterocycles. The number of anilines is 1. The first-order chi connectivity index (χ1) is 21.5. The summed E-state index contributed by atoms with van der Waals surface area (Å²) in [5.41, 5.74) is 5.98. The van der Waals surface area contributed by atoms with Crippen LogP contribution >= 0.6 is 0 Å². The number of aromatic hydroxyl groups is 3. The molecule has 0 saturated carbocycles. The number of hydrogen-bond acceptors (Lipinski definition) is 11. The second kappa shape index (κ2) is 14.7. The van der Waals surface area contributed by atoms with Crippen LogP contribution in [-0.2, 0) is 19.1 Å². The summed E-state index contributed by atoms with van der Waals surface area (Å²) in [6.07, 6.45) is 1.24. The van der Waals surface area contributed by atoms with Gasteiger partial charge in [-0.05, 0) is 36.2 Å². The first-order valence-electron chi connectivity index (χ1n) is 13.6. The van der Waals surface area contributed by atoms with Crippen molar-refractivity contribution < 1.29 is 48.3 Å². The highest BCUT2D eigenvalue weighted by Crippen LogP contribution is 2.31. The van der Waals surface area contributed by atoms with Gasteiger partial charge in [0, 0.05) is 18.7 Å². The molecule has 7 N–H and O–H groups in total. The monoisotopic (exact) mass is 621 g/mol. The number of ether oxygens (including phenoxy) is 3. The third-order valence-electron chi connectivity index (χ3n) is 6.46. The van der Waals surface area contributed by atoms with Gasteiger partial charge >= 0.3 is 0 Å². The summed E-state index contributed by atoms with van der Waals surface area (Å²) in [5.74, 6) is -2.49. The highest BCUT2D eigenvalue weighted by Gasteiger charge is 2.17. The molecule has 236 valence electrons. The quantitative estimate of drug-likeness (QED) is 0.0885. The molecule has 0 aliphatic rings. The van der Waals surface area contributed by atoms with Gasteiger partial charge in [0.05, 0.1) is 36.6 Å². The number of fused-ring (bicyclic) bond motifs is 1. The molecule has 3 aromatic carbocycles. The molecule has 1 heterocycles. The fourth-order valence-electron chi connectivity index (χ4n) is 4.27. The van der Waals surface area contributed by atoms with E-state index in [0.717, 1.165) is 0 Å². The van der Waals surface area contributed by atoms with Crippen LogP contribution in [0, 0.1) is 6.92 Å². The van der Waals surface area contributed by atoms with Crippen molar-refractivity contribution in [1.29, 1.82) is 0 Å². The fraction of sp³-hybridized carbons (Fsp3) is 0.226. The van der Waals surface area contributed by atoms with Crippen molar-refractivity contribution in [2.24, 2.45) is 5.73 Å². The number of primary amides is 1. The van der Waals surface area contributed by atoms with E-state index < -0.39 is 28.9 Å². The zero-order valence-corrected chi connectivity index (χ0v) is 24.1. The number of hydrogen-bond donors (Lipinski definition) is 6. The summed E-state index contributed by atoms with van der Waals surface area (Å²) in [6.45, 7) is 1.42.